The van der Waals surface area contributed by atoms with E-state index in [1.807, 2.05) is 5.20 Å². The monoisotopic (exact) mass is 702 g/mol. The van der Waals surface area contributed by atoms with Gasteiger partial charge in [-0.15, -0.1) is 45.3 Å². The van der Waals surface area contributed by atoms with Gasteiger partial charge < -0.3 is 0 Å². The Labute approximate surface area is 284 Å². The zero-order valence-corrected chi connectivity index (χ0v) is 33.6. The summed E-state index contributed by atoms with van der Waals surface area (Å²) in [5.74, 6) is 0. The van der Waals surface area contributed by atoms with Gasteiger partial charge in [-0.05, 0) is 8.07 Å². The van der Waals surface area contributed by atoms with Crippen molar-refractivity contribution in [3.05, 3.63) is 149 Å². The fraction of sp³-hybridized carbons (Fsp3) is 0.250. The Morgan fingerprint density at radius 3 is 1.36 bits per heavy atom. The second kappa shape index (κ2) is 14.4. The van der Waals surface area contributed by atoms with Crippen LogP contribution in [0.15, 0.2) is 132 Å². The summed E-state index contributed by atoms with van der Waals surface area (Å²) in [5, 5.41) is 8.96. The maximum Gasteiger partial charge on any atom is -0.0771 e. The minimum atomic E-state index is -1.21. The molecule has 5 aromatic carbocycles. The molecule has 1 atom stereocenters. The van der Waals surface area contributed by atoms with Crippen LogP contribution in [-0.2, 0) is 24.2 Å². The van der Waals surface area contributed by atoms with Crippen molar-refractivity contribution in [1.29, 1.82) is 0 Å². The summed E-state index contributed by atoms with van der Waals surface area (Å²) in [7, 11) is -3.57. The Kier molecular flexibility index (Phi) is 11.3. The first-order chi connectivity index (χ1) is 20.7. The van der Waals surface area contributed by atoms with Gasteiger partial charge in [-0.1, -0.05) is 95.3 Å². The van der Waals surface area contributed by atoms with Gasteiger partial charge in [-0.2, -0.15) is 5.20 Å². The summed E-state index contributed by atoms with van der Waals surface area (Å²) in [6.07, 6.45) is 6.12. The maximum atomic E-state index is 3.74. The smallest absolute Gasteiger partial charge is 0.0771 e. The summed E-state index contributed by atoms with van der Waals surface area (Å²) in [6, 6.07) is 40.4. The van der Waals surface area contributed by atoms with Gasteiger partial charge in [0.2, 0.25) is 0 Å². The Bertz CT molecular complexity index is 1660. The fourth-order valence-corrected chi connectivity index (χ4v) is 16.6. The second-order valence-corrected chi connectivity index (χ2v) is 31.5. The van der Waals surface area contributed by atoms with Crippen LogP contribution in [0.2, 0.25) is 64.5 Å². The van der Waals surface area contributed by atoms with E-state index in [0.717, 1.165) is 0 Å². The Morgan fingerprint density at radius 2 is 0.977 bits per heavy atom. The van der Waals surface area contributed by atoms with E-state index in [2.05, 4.69) is 186 Å². The first-order valence-electron chi connectivity index (χ1n) is 15.7. The van der Waals surface area contributed by atoms with Crippen molar-refractivity contribution in [2.45, 2.75) is 64.5 Å². The number of benzene rings is 4. The van der Waals surface area contributed by atoms with Gasteiger partial charge in [-0.3, -0.25) is 6.08 Å². The van der Waals surface area contributed by atoms with E-state index in [1.54, 1.807) is 5.20 Å². The third kappa shape index (κ3) is 8.66. The molecule has 0 aliphatic heterocycles. The minimum absolute atomic E-state index is 0.691. The van der Waals surface area contributed by atoms with Crippen LogP contribution in [0.1, 0.15) is 11.1 Å². The molecule has 0 heterocycles. The number of hydrogen-bond donors (Lipinski definition) is 0. The van der Waals surface area contributed by atoms with E-state index in [9.17, 15) is 0 Å². The molecule has 1 aliphatic rings. The van der Waals surface area contributed by atoms with E-state index in [0.29, 0.717) is 5.54 Å². The van der Waals surface area contributed by atoms with Crippen molar-refractivity contribution < 1.29 is 24.2 Å². The van der Waals surface area contributed by atoms with Crippen molar-refractivity contribution >= 4 is 49.0 Å². The van der Waals surface area contributed by atoms with Crippen LogP contribution < -0.4 is 0 Å². The molecule has 6 rings (SSSR count). The summed E-state index contributed by atoms with van der Waals surface area (Å²) in [4.78, 5) is 0. The van der Waals surface area contributed by atoms with Crippen molar-refractivity contribution in [3.63, 3.8) is 0 Å². The van der Waals surface area contributed by atoms with Gasteiger partial charge in [0.1, 0.15) is 0 Å². The molecule has 0 fully saturated rings. The molecule has 0 spiro atoms. The van der Waals surface area contributed by atoms with Gasteiger partial charge in [0.05, 0.1) is 8.07 Å². The molecule has 0 bridgehead atoms. The quantitative estimate of drug-likeness (QED) is 0.126. The van der Waals surface area contributed by atoms with E-state index >= 15 is 0 Å². The van der Waals surface area contributed by atoms with Crippen molar-refractivity contribution in [3.8, 4) is 0 Å². The molecule has 4 heteroatoms. The van der Waals surface area contributed by atoms with Gasteiger partial charge in [-0.25, -0.2) is 11.3 Å². The SMILES string of the molecule is C[Si](C)(C)C1=C([Si](C)(C)C)C([Si](C)(C)C)[C-]=C1.[Zr+2]=[C](c1ccccc1)c1ccccc1.c1ccc2c(c1)[cH-]c1ccccc12. The fourth-order valence-electron chi connectivity index (χ4n) is 5.90. The molecule has 0 aromatic heterocycles. The molecule has 0 saturated carbocycles. The van der Waals surface area contributed by atoms with Gasteiger partial charge in [0.25, 0.3) is 0 Å². The summed E-state index contributed by atoms with van der Waals surface area (Å²) in [5.41, 5.74) is 3.35. The molecule has 5 aromatic rings. The van der Waals surface area contributed by atoms with Crippen molar-refractivity contribution in [2.75, 3.05) is 0 Å². The first-order valence-corrected chi connectivity index (χ1v) is 27.6. The first kappa shape index (κ1) is 34.5. The van der Waals surface area contributed by atoms with Gasteiger partial charge in [0.15, 0.2) is 0 Å². The largest absolute Gasteiger partial charge is 0.126 e. The van der Waals surface area contributed by atoms with Gasteiger partial charge >= 0.3 is 99.2 Å². The number of hydrogen-bond acceptors (Lipinski definition) is 0. The third-order valence-electron chi connectivity index (χ3n) is 8.10. The average Bonchev–Trinajstić information content (AvgIpc) is 3.62. The minimum Gasteiger partial charge on any atom is -0.126 e. The van der Waals surface area contributed by atoms with Crippen LogP contribution in [0.5, 0.6) is 0 Å². The Hall–Kier alpha value is -2.37. The summed E-state index contributed by atoms with van der Waals surface area (Å²) < 4.78 is 1.42. The third-order valence-corrected chi connectivity index (χ3v) is 16.5. The molecule has 0 amide bonds. The standard InChI is InChI=1S/C14H29Si3.C13H9.C13H10.Zr/c1-15(2,3)12-10-11-13(16(4,5)6)14(12)17(7,8)9;1-3-7-12-10(5-1)9-11-6-2-4-8-13(11)12;1-3-7-12(8-4-1)11-13-9-5-2-6-10-13;/h10,13H,1-9H3;1-9H;1-10H;/q2*-1;;+2. The molecule has 0 N–H and O–H groups in total. The van der Waals surface area contributed by atoms with Crippen LogP contribution >= 0.6 is 0 Å². The van der Waals surface area contributed by atoms with Crippen molar-refractivity contribution in [1.82, 2.24) is 0 Å². The van der Waals surface area contributed by atoms with Crippen LogP contribution in [0.3, 0.4) is 0 Å². The van der Waals surface area contributed by atoms with E-state index in [-0.39, 0.29) is 0 Å². The average molecular weight is 704 g/mol. The molecular weight excluding hydrogens is 656 g/mol. The van der Waals surface area contributed by atoms with Crippen LogP contribution in [0, 0.1) is 6.08 Å². The molecule has 0 saturated heterocycles. The predicted molar refractivity (Wildman–Crippen MR) is 202 cm³/mol. The predicted octanol–water partition coefficient (Wildman–Crippen LogP) is 11.6. The second-order valence-electron chi connectivity index (χ2n) is 14.9. The maximum absolute atomic E-state index is 3.74. The topological polar surface area (TPSA) is 0 Å². The summed E-state index contributed by atoms with van der Waals surface area (Å²) in [6.45, 7) is 22.4. The molecule has 0 nitrogen and oxygen atoms in total. The van der Waals surface area contributed by atoms with Crippen LogP contribution in [0.4, 0.5) is 0 Å². The molecule has 44 heavy (non-hydrogen) atoms. The Morgan fingerprint density at radius 1 is 0.568 bits per heavy atom. The van der Waals surface area contributed by atoms with Crippen molar-refractivity contribution in [2.24, 2.45) is 0 Å². The van der Waals surface area contributed by atoms with E-state index in [1.165, 1.54) is 60.1 Å². The Balaban J connectivity index is 0.000000152. The number of fused-ring (bicyclic) bond motifs is 3. The number of allylic oxidation sites excluding steroid dienone is 4. The zero-order valence-electron chi connectivity index (χ0n) is 28.1. The normalized spacial score (nSPS) is 15.1. The molecule has 1 aliphatic carbocycles. The van der Waals surface area contributed by atoms with Gasteiger partial charge in [0, 0.05) is 8.07 Å². The molecule has 1 unspecified atom stereocenters. The van der Waals surface area contributed by atoms with E-state index in [4.69, 9.17) is 0 Å². The molecule has 0 radical (unpaired) electrons. The zero-order chi connectivity index (χ0) is 32.1. The molecular formula is C40H48Si3Zr. The number of rotatable bonds is 5. The summed E-state index contributed by atoms with van der Waals surface area (Å²) >= 11 is 1.46. The van der Waals surface area contributed by atoms with E-state index < -0.39 is 24.2 Å². The van der Waals surface area contributed by atoms with Crippen LogP contribution in [-0.4, -0.2) is 27.4 Å². The molecule has 224 valence electrons. The van der Waals surface area contributed by atoms with Crippen LogP contribution in [0.25, 0.3) is 21.5 Å².